The zero-order valence-corrected chi connectivity index (χ0v) is 20.5. The fourth-order valence-electron chi connectivity index (χ4n) is 3.12. The van der Waals surface area contributed by atoms with Gasteiger partial charge in [0.1, 0.15) is 12.1 Å². The van der Waals surface area contributed by atoms with Crippen LogP contribution in [0.1, 0.15) is 36.8 Å². The maximum Gasteiger partial charge on any atom is 0.326 e. The van der Waals surface area contributed by atoms with E-state index in [0.29, 0.717) is 0 Å². The SMILES string of the molecule is NC(=O)CC[C@H](NC(=O)Cc1ccccc1)C(=O)O.O=C(O)CC[C@H](NC(=O)Cc1ccccc1)C(=O)O. The average molecular weight is 530 g/mol. The Kier molecular flexibility index (Phi) is 13.9. The van der Waals surface area contributed by atoms with Crippen molar-refractivity contribution < 1.29 is 44.1 Å². The minimum atomic E-state index is -1.23. The van der Waals surface area contributed by atoms with Crippen LogP contribution in [0.2, 0.25) is 0 Å². The first kappa shape index (κ1) is 31.3. The Hall–Kier alpha value is -4.74. The van der Waals surface area contributed by atoms with Gasteiger partial charge in [0.2, 0.25) is 17.7 Å². The largest absolute Gasteiger partial charge is 0.481 e. The maximum absolute atomic E-state index is 11.7. The molecule has 0 spiro atoms. The van der Waals surface area contributed by atoms with E-state index >= 15 is 0 Å². The molecule has 0 bridgehead atoms. The van der Waals surface area contributed by atoms with E-state index in [4.69, 9.17) is 21.1 Å². The number of rotatable bonds is 14. The molecule has 12 nitrogen and oxygen atoms in total. The number of nitrogens with two attached hydrogens (primary N) is 1. The van der Waals surface area contributed by atoms with Crippen LogP contribution < -0.4 is 16.4 Å². The average Bonchev–Trinajstić information content (AvgIpc) is 2.85. The molecule has 0 saturated heterocycles. The number of carbonyl (C=O) groups is 6. The van der Waals surface area contributed by atoms with Crippen molar-refractivity contribution in [2.75, 3.05) is 0 Å². The third kappa shape index (κ3) is 14.0. The third-order valence-corrected chi connectivity index (χ3v) is 5.01. The number of aliphatic carboxylic acids is 3. The first-order chi connectivity index (χ1) is 18.0. The summed E-state index contributed by atoms with van der Waals surface area (Å²) in [4.78, 5) is 66.2. The summed E-state index contributed by atoms with van der Waals surface area (Å²) in [5.74, 6) is -4.94. The predicted octanol–water partition coefficient (Wildman–Crippen LogP) is 0.727. The van der Waals surface area contributed by atoms with Crippen LogP contribution in [0.15, 0.2) is 60.7 Å². The molecule has 3 amide bonds. The summed E-state index contributed by atoms with van der Waals surface area (Å²) in [6, 6.07) is 15.6. The number of amides is 3. The van der Waals surface area contributed by atoms with Gasteiger partial charge in [-0.1, -0.05) is 60.7 Å². The summed E-state index contributed by atoms with van der Waals surface area (Å²) in [7, 11) is 0. The van der Waals surface area contributed by atoms with Crippen molar-refractivity contribution in [3.05, 3.63) is 71.8 Å². The molecule has 12 heteroatoms. The van der Waals surface area contributed by atoms with Crippen LogP contribution in [-0.2, 0) is 41.6 Å². The molecule has 2 aromatic rings. The molecule has 0 fully saturated rings. The molecule has 0 aliphatic rings. The number of benzene rings is 2. The highest BCUT2D eigenvalue weighted by atomic mass is 16.4. The van der Waals surface area contributed by atoms with Gasteiger partial charge in [0.15, 0.2) is 0 Å². The molecule has 38 heavy (non-hydrogen) atoms. The molecule has 0 aliphatic carbocycles. The van der Waals surface area contributed by atoms with E-state index < -0.39 is 47.7 Å². The zero-order valence-electron chi connectivity index (χ0n) is 20.5. The topological polar surface area (TPSA) is 213 Å². The minimum absolute atomic E-state index is 0.00873. The van der Waals surface area contributed by atoms with Gasteiger partial charge in [-0.05, 0) is 24.0 Å². The summed E-state index contributed by atoms with van der Waals surface area (Å²) in [5.41, 5.74) is 6.51. The van der Waals surface area contributed by atoms with Crippen LogP contribution in [0.5, 0.6) is 0 Å². The van der Waals surface area contributed by atoms with Crippen LogP contribution in [-0.4, -0.2) is 63.0 Å². The number of carboxylic acids is 3. The molecular weight excluding hydrogens is 498 g/mol. The van der Waals surface area contributed by atoms with E-state index in [1.54, 1.807) is 48.5 Å². The highest BCUT2D eigenvalue weighted by Gasteiger charge is 2.21. The van der Waals surface area contributed by atoms with E-state index in [9.17, 15) is 28.8 Å². The van der Waals surface area contributed by atoms with Crippen LogP contribution in [0, 0.1) is 0 Å². The van der Waals surface area contributed by atoms with Crippen molar-refractivity contribution in [1.82, 2.24) is 10.6 Å². The smallest absolute Gasteiger partial charge is 0.326 e. The monoisotopic (exact) mass is 529 g/mol. The Bertz CT molecular complexity index is 1000. The standard InChI is InChI=1S/C13H16N2O4.C13H15NO5/c14-11(16)7-6-10(13(18)19)15-12(17)8-9-4-2-1-3-5-9;15-11(8-9-4-2-1-3-5-9)14-10(13(18)19)6-7-12(16)17/h1-5,10H,6-8H2,(H2,14,16)(H,15,17)(H,18,19);1-5,10H,6-8H2,(H,14,15)(H,16,17)(H,18,19)/t2*10-/m00/s1. The van der Waals surface area contributed by atoms with Crippen molar-refractivity contribution in [3.8, 4) is 0 Å². The lowest BCUT2D eigenvalue weighted by atomic mass is 10.1. The van der Waals surface area contributed by atoms with Gasteiger partial charge in [-0.15, -0.1) is 0 Å². The van der Waals surface area contributed by atoms with Crippen molar-refractivity contribution >= 4 is 35.6 Å². The van der Waals surface area contributed by atoms with Crippen molar-refractivity contribution in [3.63, 3.8) is 0 Å². The number of nitrogens with one attached hydrogen (secondary N) is 2. The van der Waals surface area contributed by atoms with Gasteiger partial charge in [-0.25, -0.2) is 9.59 Å². The second-order valence-corrected chi connectivity index (χ2v) is 8.18. The third-order valence-electron chi connectivity index (χ3n) is 5.01. The summed E-state index contributed by atoms with van der Waals surface area (Å²) in [6.45, 7) is 0. The number of primary amides is 1. The molecule has 0 radical (unpaired) electrons. The summed E-state index contributed by atoms with van der Waals surface area (Å²) in [6.07, 6.45) is -0.361. The van der Waals surface area contributed by atoms with E-state index in [1.165, 1.54) is 0 Å². The van der Waals surface area contributed by atoms with Gasteiger partial charge in [-0.2, -0.15) is 0 Å². The van der Waals surface area contributed by atoms with Gasteiger partial charge in [0, 0.05) is 12.8 Å². The van der Waals surface area contributed by atoms with Crippen LogP contribution in [0.3, 0.4) is 0 Å². The fraction of sp³-hybridized carbons (Fsp3) is 0.308. The Morgan fingerprint density at radius 3 is 1.32 bits per heavy atom. The highest BCUT2D eigenvalue weighted by molar-refractivity contribution is 5.86. The van der Waals surface area contributed by atoms with Gasteiger partial charge >= 0.3 is 17.9 Å². The van der Waals surface area contributed by atoms with E-state index in [2.05, 4.69) is 10.6 Å². The molecule has 2 aromatic carbocycles. The normalized spacial score (nSPS) is 11.6. The Balaban J connectivity index is 0.000000380. The van der Waals surface area contributed by atoms with Crippen molar-refractivity contribution in [1.29, 1.82) is 0 Å². The molecule has 7 N–H and O–H groups in total. The second-order valence-electron chi connectivity index (χ2n) is 8.18. The molecule has 204 valence electrons. The van der Waals surface area contributed by atoms with E-state index in [1.807, 2.05) is 12.1 Å². The fourth-order valence-corrected chi connectivity index (χ4v) is 3.12. The Labute approximate surface area is 218 Å². The van der Waals surface area contributed by atoms with Crippen molar-refractivity contribution in [2.24, 2.45) is 5.73 Å². The van der Waals surface area contributed by atoms with Gasteiger partial charge in [-0.3, -0.25) is 19.2 Å². The molecule has 0 unspecified atom stereocenters. The summed E-state index contributed by atoms with van der Waals surface area (Å²) >= 11 is 0. The quantitative estimate of drug-likeness (QED) is 0.203. The molecule has 2 rings (SSSR count). The summed E-state index contributed by atoms with van der Waals surface area (Å²) < 4.78 is 0. The maximum atomic E-state index is 11.7. The van der Waals surface area contributed by atoms with E-state index in [-0.39, 0.29) is 38.5 Å². The predicted molar refractivity (Wildman–Crippen MR) is 135 cm³/mol. The van der Waals surface area contributed by atoms with Crippen molar-refractivity contribution in [2.45, 2.75) is 50.6 Å². The molecule has 0 heterocycles. The summed E-state index contributed by atoms with van der Waals surface area (Å²) in [5, 5.41) is 31.0. The Morgan fingerprint density at radius 1 is 0.632 bits per heavy atom. The number of hydrogen-bond acceptors (Lipinski definition) is 6. The molecule has 0 aliphatic heterocycles. The first-order valence-electron chi connectivity index (χ1n) is 11.6. The molecule has 0 saturated carbocycles. The zero-order chi connectivity index (χ0) is 28.5. The molecule has 2 atom stereocenters. The van der Waals surface area contributed by atoms with E-state index in [0.717, 1.165) is 11.1 Å². The lowest BCUT2D eigenvalue weighted by Crippen LogP contribution is -2.42. The van der Waals surface area contributed by atoms with Gasteiger partial charge in [0.25, 0.3) is 0 Å². The van der Waals surface area contributed by atoms with Gasteiger partial charge in [0.05, 0.1) is 12.8 Å². The van der Waals surface area contributed by atoms with Gasteiger partial charge < -0.3 is 31.7 Å². The lowest BCUT2D eigenvalue weighted by molar-refractivity contribution is -0.143. The minimum Gasteiger partial charge on any atom is -0.481 e. The van der Waals surface area contributed by atoms with Crippen LogP contribution in [0.25, 0.3) is 0 Å². The molecular formula is C26H31N3O9. The highest BCUT2D eigenvalue weighted by Crippen LogP contribution is 2.03. The molecule has 0 aromatic heterocycles. The number of carbonyl (C=O) groups excluding carboxylic acids is 3. The first-order valence-corrected chi connectivity index (χ1v) is 11.6. The Morgan fingerprint density at radius 2 is 1.00 bits per heavy atom. The lowest BCUT2D eigenvalue weighted by Gasteiger charge is -2.13. The second kappa shape index (κ2) is 16.8. The van der Waals surface area contributed by atoms with Crippen LogP contribution in [0.4, 0.5) is 0 Å². The van der Waals surface area contributed by atoms with Crippen LogP contribution >= 0.6 is 0 Å². The number of hydrogen-bond donors (Lipinski definition) is 6. The number of carboxylic acid groups (broad SMARTS) is 3.